The van der Waals surface area contributed by atoms with Crippen molar-refractivity contribution in [2.75, 3.05) is 0 Å². The van der Waals surface area contributed by atoms with Crippen molar-refractivity contribution in [1.82, 2.24) is 14.8 Å². The Hall–Kier alpha value is -2.24. The maximum Gasteiger partial charge on any atom is 0.335 e. The van der Waals surface area contributed by atoms with E-state index < -0.39 is 11.8 Å². The highest BCUT2D eigenvalue weighted by molar-refractivity contribution is 5.88. The van der Waals surface area contributed by atoms with E-state index in [0.29, 0.717) is 6.54 Å². The van der Waals surface area contributed by atoms with E-state index in [1.165, 1.54) is 12.1 Å². The normalized spacial score (nSPS) is 11.6. The molecule has 0 radical (unpaired) electrons. The molecule has 0 saturated carbocycles. The van der Waals surface area contributed by atoms with Gasteiger partial charge in [0.25, 0.3) is 0 Å². The Morgan fingerprint density at radius 3 is 2.65 bits per heavy atom. The summed E-state index contributed by atoms with van der Waals surface area (Å²) in [6, 6.07) is 3.70. The summed E-state index contributed by atoms with van der Waals surface area (Å²) >= 11 is 0. The van der Waals surface area contributed by atoms with Gasteiger partial charge >= 0.3 is 5.97 Å². The number of aromatic carboxylic acids is 1. The van der Waals surface area contributed by atoms with Gasteiger partial charge in [-0.05, 0) is 23.6 Å². The van der Waals surface area contributed by atoms with E-state index >= 15 is 0 Å². The molecular weight excluding hydrogens is 261 g/mol. The van der Waals surface area contributed by atoms with E-state index in [1.54, 1.807) is 11.0 Å². The van der Waals surface area contributed by atoms with Gasteiger partial charge in [0.05, 0.1) is 11.1 Å². The van der Waals surface area contributed by atoms with Crippen LogP contribution in [0.3, 0.4) is 0 Å². The lowest BCUT2D eigenvalue weighted by Gasteiger charge is -2.16. The molecule has 1 aromatic heterocycles. The Morgan fingerprint density at radius 2 is 2.10 bits per heavy atom. The van der Waals surface area contributed by atoms with Crippen LogP contribution in [0.25, 0.3) is 11.4 Å². The molecule has 0 aliphatic carbocycles. The lowest BCUT2D eigenvalue weighted by atomic mass is 9.97. The summed E-state index contributed by atoms with van der Waals surface area (Å²) in [7, 11) is 0. The molecule has 0 aliphatic rings. The minimum Gasteiger partial charge on any atom is -0.478 e. The first-order chi connectivity index (χ1) is 9.26. The van der Waals surface area contributed by atoms with Crippen LogP contribution in [0.15, 0.2) is 24.5 Å². The summed E-state index contributed by atoms with van der Waals surface area (Å²) in [5.41, 5.74) is 0.138. The van der Waals surface area contributed by atoms with Gasteiger partial charge in [-0.1, -0.05) is 20.8 Å². The monoisotopic (exact) mass is 277 g/mol. The minimum atomic E-state index is -1.17. The van der Waals surface area contributed by atoms with E-state index in [2.05, 4.69) is 30.9 Å². The van der Waals surface area contributed by atoms with E-state index in [9.17, 15) is 9.18 Å². The Balaban J connectivity index is 2.31. The van der Waals surface area contributed by atoms with Gasteiger partial charge in [0.1, 0.15) is 12.1 Å². The average Bonchev–Trinajstić information content (AvgIpc) is 2.74. The third-order valence-corrected chi connectivity index (χ3v) is 2.63. The molecule has 2 aromatic rings. The summed E-state index contributed by atoms with van der Waals surface area (Å²) in [5.74, 6) is -1.55. The highest BCUT2D eigenvalue weighted by Crippen LogP contribution is 2.21. The van der Waals surface area contributed by atoms with Crippen LogP contribution in [0.5, 0.6) is 0 Å². The fourth-order valence-corrected chi connectivity index (χ4v) is 1.81. The van der Waals surface area contributed by atoms with Crippen molar-refractivity contribution in [1.29, 1.82) is 0 Å². The fraction of sp³-hybridized carbons (Fsp3) is 0.357. The molecule has 6 heteroatoms. The Morgan fingerprint density at radius 1 is 1.40 bits per heavy atom. The van der Waals surface area contributed by atoms with Crippen molar-refractivity contribution < 1.29 is 14.3 Å². The quantitative estimate of drug-likeness (QED) is 0.936. The zero-order valence-corrected chi connectivity index (χ0v) is 11.6. The van der Waals surface area contributed by atoms with E-state index in [-0.39, 0.29) is 22.4 Å². The third-order valence-electron chi connectivity index (χ3n) is 2.63. The van der Waals surface area contributed by atoms with Gasteiger partial charge in [0.2, 0.25) is 0 Å². The van der Waals surface area contributed by atoms with Gasteiger partial charge in [0, 0.05) is 6.54 Å². The molecule has 0 amide bonds. The number of hydrogen-bond donors (Lipinski definition) is 1. The number of halogens is 1. The second kappa shape index (κ2) is 5.03. The molecule has 0 spiro atoms. The van der Waals surface area contributed by atoms with Crippen molar-refractivity contribution in [3.8, 4) is 11.4 Å². The molecule has 1 heterocycles. The molecule has 106 valence electrons. The third kappa shape index (κ3) is 3.20. The van der Waals surface area contributed by atoms with Crippen LogP contribution in [0, 0.1) is 11.2 Å². The molecule has 0 fully saturated rings. The summed E-state index contributed by atoms with van der Waals surface area (Å²) in [4.78, 5) is 14.8. The number of carbonyl (C=O) groups is 1. The van der Waals surface area contributed by atoms with Crippen LogP contribution in [-0.2, 0) is 6.54 Å². The maximum absolute atomic E-state index is 13.9. The second-order valence-corrected chi connectivity index (χ2v) is 5.83. The van der Waals surface area contributed by atoms with E-state index in [1.807, 2.05) is 0 Å². The zero-order valence-electron chi connectivity index (χ0n) is 11.6. The number of carboxylic acids is 1. The van der Waals surface area contributed by atoms with Crippen molar-refractivity contribution in [2.45, 2.75) is 27.3 Å². The van der Waals surface area contributed by atoms with Crippen molar-refractivity contribution >= 4 is 5.97 Å². The number of benzene rings is 1. The van der Waals surface area contributed by atoms with Crippen LogP contribution < -0.4 is 0 Å². The summed E-state index contributed by atoms with van der Waals surface area (Å²) in [5, 5.41) is 13.0. The molecule has 1 N–H and O–H groups in total. The van der Waals surface area contributed by atoms with Crippen LogP contribution >= 0.6 is 0 Å². The molecule has 5 nitrogen and oxygen atoms in total. The molecule has 0 saturated heterocycles. The Bertz CT molecular complexity index is 644. The first kappa shape index (κ1) is 14.2. The fourth-order valence-electron chi connectivity index (χ4n) is 1.81. The number of nitrogens with zero attached hydrogens (tertiary/aromatic N) is 3. The van der Waals surface area contributed by atoms with Crippen LogP contribution in [-0.4, -0.2) is 25.8 Å². The lowest BCUT2D eigenvalue weighted by molar-refractivity contribution is 0.0696. The van der Waals surface area contributed by atoms with Crippen molar-refractivity contribution in [2.24, 2.45) is 5.41 Å². The zero-order chi connectivity index (χ0) is 14.9. The maximum atomic E-state index is 13.9. The molecule has 20 heavy (non-hydrogen) atoms. The number of carboxylic acid groups (broad SMARTS) is 1. The summed E-state index contributed by atoms with van der Waals surface area (Å²) in [6.45, 7) is 6.86. The van der Waals surface area contributed by atoms with Crippen molar-refractivity contribution in [3.05, 3.63) is 35.9 Å². The SMILES string of the molecule is CC(C)(C)Cn1cnc(-c2ccc(C(=O)O)cc2F)n1. The standard InChI is InChI=1S/C14H16FN3O2/c1-14(2,3)7-18-8-16-12(17-18)10-5-4-9(13(19)20)6-11(10)15/h4-6,8H,7H2,1-3H3,(H,19,20). The highest BCUT2D eigenvalue weighted by atomic mass is 19.1. The predicted molar refractivity (Wildman–Crippen MR) is 71.8 cm³/mol. The lowest BCUT2D eigenvalue weighted by Crippen LogP contribution is -2.15. The Labute approximate surface area is 116 Å². The van der Waals surface area contributed by atoms with Gasteiger partial charge in [0.15, 0.2) is 5.82 Å². The van der Waals surface area contributed by atoms with Gasteiger partial charge in [-0.15, -0.1) is 0 Å². The first-order valence-corrected chi connectivity index (χ1v) is 6.19. The topological polar surface area (TPSA) is 68.0 Å². The van der Waals surface area contributed by atoms with Crippen molar-refractivity contribution in [3.63, 3.8) is 0 Å². The predicted octanol–water partition coefficient (Wildman–Crippen LogP) is 2.83. The second-order valence-electron chi connectivity index (χ2n) is 5.83. The van der Waals surface area contributed by atoms with Crippen LogP contribution in [0.4, 0.5) is 4.39 Å². The smallest absolute Gasteiger partial charge is 0.335 e. The molecule has 1 aromatic carbocycles. The number of aromatic nitrogens is 3. The number of hydrogen-bond acceptors (Lipinski definition) is 3. The average molecular weight is 277 g/mol. The van der Waals surface area contributed by atoms with E-state index in [0.717, 1.165) is 6.07 Å². The largest absolute Gasteiger partial charge is 0.478 e. The summed E-state index contributed by atoms with van der Waals surface area (Å²) < 4.78 is 15.5. The van der Waals surface area contributed by atoms with Gasteiger partial charge in [-0.3, -0.25) is 4.68 Å². The van der Waals surface area contributed by atoms with E-state index in [4.69, 9.17) is 5.11 Å². The molecule has 0 bridgehead atoms. The highest BCUT2D eigenvalue weighted by Gasteiger charge is 2.16. The minimum absolute atomic E-state index is 0.0384. The van der Waals surface area contributed by atoms with Crippen LogP contribution in [0.2, 0.25) is 0 Å². The molecular formula is C14H16FN3O2. The first-order valence-electron chi connectivity index (χ1n) is 6.19. The van der Waals surface area contributed by atoms with Crippen LogP contribution in [0.1, 0.15) is 31.1 Å². The van der Waals surface area contributed by atoms with Gasteiger partial charge in [-0.25, -0.2) is 14.2 Å². The summed E-state index contributed by atoms with van der Waals surface area (Å²) in [6.07, 6.45) is 1.55. The molecule has 0 atom stereocenters. The van der Waals surface area contributed by atoms with Gasteiger partial charge in [-0.2, -0.15) is 5.10 Å². The Kier molecular flexibility index (Phi) is 3.57. The number of rotatable bonds is 3. The molecule has 2 rings (SSSR count). The van der Waals surface area contributed by atoms with Gasteiger partial charge < -0.3 is 5.11 Å². The molecule has 0 aliphatic heterocycles. The molecule has 0 unspecified atom stereocenters.